The lowest BCUT2D eigenvalue weighted by atomic mass is 9.85. The average Bonchev–Trinajstić information content (AvgIpc) is 3.73. The number of aromatic nitrogens is 4. The number of unbranched alkanes of at least 4 members (excludes halogenated alkanes) is 2. The number of nitrogens with two attached hydrogens (primary N) is 1. The van der Waals surface area contributed by atoms with E-state index in [0.717, 1.165) is 56.2 Å². The van der Waals surface area contributed by atoms with Crippen LogP contribution in [0.2, 0.25) is 0 Å². The standard InChI is InChI=1S/C47H61F2N11O5/c1-28-53-38-11-7-10-37(43(38)47(65)60(28)39-13-14-41(62)55-46(39)64)51-18-6-4-5-12-42(63)57-20-15-32(16-21-57)54-36-17-22-58(29(2)61)27-35(36)45(50)59-19-8-9-30-23-33(31-25-52-56(3)26-31)34(44(48)49)24-40(30)59/h7,10-11,23-26,32,35-36,39,44-45,51,54H,4-6,8-9,12-22,27,50H2,1-3H3,(H,55,62,64). The van der Waals surface area contributed by atoms with Gasteiger partial charge in [-0.25, -0.2) is 13.8 Å². The number of hydrogen-bond donors (Lipinski definition) is 4. The zero-order valence-electron chi connectivity index (χ0n) is 37.5. The monoisotopic (exact) mass is 897 g/mol. The molecule has 3 fully saturated rings. The van der Waals surface area contributed by atoms with Crippen LogP contribution >= 0.6 is 0 Å². The molecule has 65 heavy (non-hydrogen) atoms. The number of piperidine rings is 3. The highest BCUT2D eigenvalue weighted by Gasteiger charge is 2.40. The van der Waals surface area contributed by atoms with Gasteiger partial charge in [-0.1, -0.05) is 12.5 Å². The predicted molar refractivity (Wildman–Crippen MR) is 243 cm³/mol. The van der Waals surface area contributed by atoms with Gasteiger partial charge in [0.2, 0.25) is 23.6 Å². The Labute approximate surface area is 377 Å². The molecule has 18 heteroatoms. The molecule has 0 saturated carbocycles. The summed E-state index contributed by atoms with van der Waals surface area (Å²) in [6, 6.07) is 8.26. The summed E-state index contributed by atoms with van der Waals surface area (Å²) >= 11 is 0. The van der Waals surface area contributed by atoms with Gasteiger partial charge in [0.1, 0.15) is 11.9 Å². The largest absolute Gasteiger partial charge is 0.384 e. The van der Waals surface area contributed by atoms with Crippen LogP contribution in [-0.2, 0) is 32.6 Å². The number of benzene rings is 2. The second kappa shape index (κ2) is 19.8. The van der Waals surface area contributed by atoms with Crippen molar-refractivity contribution in [2.75, 3.05) is 49.5 Å². The summed E-state index contributed by atoms with van der Waals surface area (Å²) < 4.78 is 32.2. The highest BCUT2D eigenvalue weighted by atomic mass is 19.3. The van der Waals surface area contributed by atoms with Crippen molar-refractivity contribution in [2.45, 2.75) is 115 Å². The first kappa shape index (κ1) is 45.8. The number of halogens is 2. The number of likely N-dealkylation sites (tertiary alicyclic amines) is 2. The van der Waals surface area contributed by atoms with E-state index in [1.54, 1.807) is 50.1 Å². The van der Waals surface area contributed by atoms with Crippen molar-refractivity contribution in [2.24, 2.45) is 18.7 Å². The number of amides is 4. The van der Waals surface area contributed by atoms with E-state index in [1.165, 1.54) is 4.57 Å². The highest BCUT2D eigenvalue weighted by molar-refractivity contribution is 6.00. The molecule has 8 rings (SSSR count). The summed E-state index contributed by atoms with van der Waals surface area (Å²) in [5.74, 6) is -0.474. The van der Waals surface area contributed by atoms with Crippen LogP contribution < -0.4 is 32.1 Å². The van der Waals surface area contributed by atoms with Crippen LogP contribution in [-0.4, -0.2) is 110 Å². The normalized spacial score (nSPS) is 21.2. The molecule has 6 heterocycles. The van der Waals surface area contributed by atoms with Crippen molar-refractivity contribution >= 4 is 45.9 Å². The maximum absolute atomic E-state index is 14.6. The van der Waals surface area contributed by atoms with Gasteiger partial charge >= 0.3 is 0 Å². The molecule has 4 aromatic rings. The third-order valence-electron chi connectivity index (χ3n) is 13.9. The third-order valence-corrected chi connectivity index (χ3v) is 13.9. The molecule has 4 unspecified atom stereocenters. The Balaban J connectivity index is 0.831. The number of nitrogens with zero attached hydrogens (tertiary/aromatic N) is 7. The molecule has 4 amide bonds. The van der Waals surface area contributed by atoms with E-state index in [1.807, 2.05) is 28.0 Å². The fourth-order valence-corrected chi connectivity index (χ4v) is 10.4. The van der Waals surface area contributed by atoms with Crippen LogP contribution in [0.15, 0.2) is 47.5 Å². The molecule has 16 nitrogen and oxygen atoms in total. The molecule has 0 spiro atoms. The molecule has 2 aromatic heterocycles. The van der Waals surface area contributed by atoms with Gasteiger partial charge in [-0.15, -0.1) is 0 Å². The van der Waals surface area contributed by atoms with Gasteiger partial charge in [0, 0.05) is 113 Å². The summed E-state index contributed by atoms with van der Waals surface area (Å²) in [5.41, 5.74) is 10.8. The molecule has 5 N–H and O–H groups in total. The predicted octanol–water partition coefficient (Wildman–Crippen LogP) is 4.55. The Morgan fingerprint density at radius 3 is 2.49 bits per heavy atom. The smallest absolute Gasteiger partial charge is 0.264 e. The van der Waals surface area contributed by atoms with E-state index in [-0.39, 0.29) is 59.7 Å². The molecule has 348 valence electrons. The first-order valence-corrected chi connectivity index (χ1v) is 23.1. The van der Waals surface area contributed by atoms with Gasteiger partial charge < -0.3 is 31.1 Å². The van der Waals surface area contributed by atoms with E-state index in [0.29, 0.717) is 85.7 Å². The lowest BCUT2D eigenvalue weighted by Gasteiger charge is -2.48. The molecule has 2 aromatic carbocycles. The Bertz CT molecular complexity index is 2480. The van der Waals surface area contributed by atoms with Gasteiger partial charge in [0.15, 0.2) is 0 Å². The lowest BCUT2D eigenvalue weighted by molar-refractivity contribution is -0.136. The topological polar surface area (TPSA) is 193 Å². The number of anilines is 2. The maximum Gasteiger partial charge on any atom is 0.264 e. The van der Waals surface area contributed by atoms with Crippen LogP contribution in [0, 0.1) is 12.8 Å². The highest BCUT2D eigenvalue weighted by Crippen LogP contribution is 2.40. The summed E-state index contributed by atoms with van der Waals surface area (Å²) in [5, 5.41) is 14.2. The maximum atomic E-state index is 14.6. The number of alkyl halides is 2. The number of rotatable bonds is 14. The summed E-state index contributed by atoms with van der Waals surface area (Å²) in [6.45, 7) is 6.82. The van der Waals surface area contributed by atoms with Crippen LogP contribution in [0.1, 0.15) is 101 Å². The van der Waals surface area contributed by atoms with Crippen molar-refractivity contribution in [1.29, 1.82) is 0 Å². The van der Waals surface area contributed by atoms with Crippen molar-refractivity contribution < 1.29 is 28.0 Å². The van der Waals surface area contributed by atoms with Gasteiger partial charge in [-0.2, -0.15) is 5.10 Å². The van der Waals surface area contributed by atoms with Gasteiger partial charge in [0.25, 0.3) is 12.0 Å². The molecule has 0 aliphatic carbocycles. The van der Waals surface area contributed by atoms with E-state index in [4.69, 9.17) is 5.73 Å². The van der Waals surface area contributed by atoms with Gasteiger partial charge in [-0.05, 0) is 93.7 Å². The zero-order valence-corrected chi connectivity index (χ0v) is 37.5. The van der Waals surface area contributed by atoms with Crippen molar-refractivity contribution in [1.82, 2.24) is 39.8 Å². The average molecular weight is 898 g/mol. The number of carbonyl (C=O) groups is 4. The van der Waals surface area contributed by atoms with Crippen LogP contribution in [0.25, 0.3) is 22.0 Å². The van der Waals surface area contributed by atoms with Gasteiger partial charge in [-0.3, -0.25) is 38.5 Å². The number of fused-ring (bicyclic) bond motifs is 2. The Morgan fingerprint density at radius 1 is 0.985 bits per heavy atom. The second-order valence-corrected chi connectivity index (χ2v) is 18.1. The summed E-state index contributed by atoms with van der Waals surface area (Å²) in [6.07, 6.45) is 7.20. The van der Waals surface area contributed by atoms with E-state index in [2.05, 4.69) is 30.9 Å². The number of imide groups is 1. The number of aryl methyl sites for hydroxylation is 3. The molecule has 3 saturated heterocycles. The SMILES string of the molecule is CC(=O)N1CCC(NC2CCN(C(=O)CCCCCNc3cccc4nc(C)n(C5CCC(=O)NC5=O)c(=O)c34)CC2)C(C(N)N2CCCc3cc(-c4cnn(C)c4)c(C(F)F)cc32)C1. The zero-order chi connectivity index (χ0) is 45.9. The number of carbonyl (C=O) groups excluding carboxylic acids is 4. The van der Waals surface area contributed by atoms with Crippen LogP contribution in [0.5, 0.6) is 0 Å². The van der Waals surface area contributed by atoms with E-state index >= 15 is 0 Å². The Hall–Kier alpha value is -5.75. The summed E-state index contributed by atoms with van der Waals surface area (Å²) in [7, 11) is 1.77. The molecule has 4 aliphatic heterocycles. The number of nitrogens with one attached hydrogen (secondary N) is 3. The van der Waals surface area contributed by atoms with Crippen molar-refractivity contribution in [3.8, 4) is 11.1 Å². The summed E-state index contributed by atoms with van der Waals surface area (Å²) in [4.78, 5) is 74.6. The minimum atomic E-state index is -2.68. The van der Waals surface area contributed by atoms with Crippen molar-refractivity contribution in [3.63, 3.8) is 0 Å². The van der Waals surface area contributed by atoms with E-state index in [9.17, 15) is 32.8 Å². The molecule has 0 radical (unpaired) electrons. The second-order valence-electron chi connectivity index (χ2n) is 18.1. The quantitative estimate of drug-likeness (QED) is 0.103. The van der Waals surface area contributed by atoms with Crippen molar-refractivity contribution in [3.05, 3.63) is 70.0 Å². The van der Waals surface area contributed by atoms with Crippen LogP contribution in [0.3, 0.4) is 0 Å². The lowest BCUT2D eigenvalue weighted by Crippen LogP contribution is -2.63. The minimum absolute atomic E-state index is 0.00306. The van der Waals surface area contributed by atoms with Crippen LogP contribution in [0.4, 0.5) is 20.2 Å². The molecule has 4 atom stereocenters. The Morgan fingerprint density at radius 2 is 1.77 bits per heavy atom. The van der Waals surface area contributed by atoms with E-state index < -0.39 is 24.5 Å². The fourth-order valence-electron chi connectivity index (χ4n) is 10.4. The molecular formula is C47H61F2N11O5. The van der Waals surface area contributed by atoms with Gasteiger partial charge in [0.05, 0.1) is 23.3 Å². The number of hydrogen-bond acceptors (Lipinski definition) is 11. The molecular weight excluding hydrogens is 837 g/mol. The first-order valence-electron chi connectivity index (χ1n) is 23.1. The Kier molecular flexibility index (Phi) is 13.9. The first-order chi connectivity index (χ1) is 31.3. The fraction of sp³-hybridized carbons (Fsp3) is 0.553. The molecule has 0 bridgehead atoms. The third kappa shape index (κ3) is 9.93. The molecule has 4 aliphatic rings. The minimum Gasteiger partial charge on any atom is -0.384 e.